The molecule has 29 heavy (non-hydrogen) atoms. The van der Waals surface area contributed by atoms with Gasteiger partial charge in [0.1, 0.15) is 0 Å². The third-order valence-electron chi connectivity index (χ3n) is 5.28. The molecule has 0 radical (unpaired) electrons. The molecule has 4 rings (SSSR count). The number of carbonyl (C=O) groups is 1. The lowest BCUT2D eigenvalue weighted by atomic mass is 9.89. The van der Waals surface area contributed by atoms with Gasteiger partial charge in [0.2, 0.25) is 11.1 Å². The molecule has 1 aliphatic rings. The van der Waals surface area contributed by atoms with Crippen molar-refractivity contribution in [3.05, 3.63) is 60.4 Å². The number of thioether (sulfide) groups is 1. The summed E-state index contributed by atoms with van der Waals surface area (Å²) in [4.78, 5) is 12.6. The average molecular weight is 408 g/mol. The first-order valence-corrected chi connectivity index (χ1v) is 11.0. The van der Waals surface area contributed by atoms with Gasteiger partial charge in [-0.3, -0.25) is 4.79 Å². The number of amides is 1. The van der Waals surface area contributed by atoms with Crippen molar-refractivity contribution in [3.63, 3.8) is 0 Å². The predicted octanol–water partition coefficient (Wildman–Crippen LogP) is 4.44. The summed E-state index contributed by atoms with van der Waals surface area (Å²) in [6, 6.07) is 17.8. The van der Waals surface area contributed by atoms with Crippen LogP contribution in [0.4, 0.5) is 5.69 Å². The average Bonchev–Trinajstić information content (AvgIpc) is 3.14. The number of nitrogens with one attached hydrogen (secondary N) is 1. The van der Waals surface area contributed by atoms with E-state index in [4.69, 9.17) is 5.84 Å². The Labute approximate surface area is 174 Å². The molecule has 0 unspecified atom stereocenters. The van der Waals surface area contributed by atoms with Gasteiger partial charge in [-0.15, -0.1) is 10.2 Å². The number of nitrogens with two attached hydrogens (primary N) is 1. The Bertz CT molecular complexity index is 966. The molecule has 1 aromatic heterocycles. The molecule has 0 saturated heterocycles. The molecule has 3 aromatic rings. The molecule has 1 amide bonds. The summed E-state index contributed by atoms with van der Waals surface area (Å²) in [6.07, 6.45) is 5.92. The van der Waals surface area contributed by atoms with E-state index in [0.717, 1.165) is 35.5 Å². The Kier molecular flexibility index (Phi) is 6.14. The zero-order valence-electron chi connectivity index (χ0n) is 16.3. The Morgan fingerprint density at radius 2 is 1.76 bits per heavy atom. The number of anilines is 1. The Morgan fingerprint density at radius 1 is 1.03 bits per heavy atom. The fourth-order valence-electron chi connectivity index (χ4n) is 3.80. The molecule has 0 bridgehead atoms. The summed E-state index contributed by atoms with van der Waals surface area (Å²) in [5, 5.41) is 12.1. The summed E-state index contributed by atoms with van der Waals surface area (Å²) < 4.78 is 1.56. The number of hydrogen-bond acceptors (Lipinski definition) is 5. The van der Waals surface area contributed by atoms with Crippen LogP contribution in [-0.2, 0) is 4.79 Å². The molecule has 1 aliphatic carbocycles. The third kappa shape index (κ3) is 4.62. The van der Waals surface area contributed by atoms with Crippen molar-refractivity contribution in [2.45, 2.75) is 43.2 Å². The van der Waals surface area contributed by atoms with Crippen molar-refractivity contribution in [2.24, 2.45) is 0 Å². The van der Waals surface area contributed by atoms with Crippen LogP contribution >= 0.6 is 11.8 Å². The Hall–Kier alpha value is -2.80. The monoisotopic (exact) mass is 407 g/mol. The van der Waals surface area contributed by atoms with E-state index >= 15 is 0 Å². The van der Waals surface area contributed by atoms with E-state index in [-0.39, 0.29) is 11.7 Å². The molecule has 1 saturated carbocycles. The molecular weight excluding hydrogens is 382 g/mol. The maximum atomic E-state index is 12.6. The fraction of sp³-hybridized carbons (Fsp3) is 0.318. The summed E-state index contributed by atoms with van der Waals surface area (Å²) in [6.45, 7) is 0. The van der Waals surface area contributed by atoms with E-state index in [1.54, 1.807) is 4.68 Å². The topological polar surface area (TPSA) is 85.8 Å². The van der Waals surface area contributed by atoms with Gasteiger partial charge in [0.25, 0.3) is 0 Å². The van der Waals surface area contributed by atoms with Gasteiger partial charge >= 0.3 is 0 Å². The van der Waals surface area contributed by atoms with Crippen LogP contribution in [0.1, 0.15) is 43.8 Å². The minimum atomic E-state index is -0.0967. The third-order valence-corrected chi connectivity index (χ3v) is 6.22. The number of hydrogen-bond donors (Lipinski definition) is 2. The zero-order valence-corrected chi connectivity index (χ0v) is 17.1. The molecule has 0 spiro atoms. The lowest BCUT2D eigenvalue weighted by Crippen LogP contribution is -2.20. The highest BCUT2D eigenvalue weighted by atomic mass is 32.2. The molecule has 3 N–H and O–H groups in total. The highest BCUT2D eigenvalue weighted by Gasteiger charge is 2.23. The first kappa shape index (κ1) is 19.5. The zero-order chi connectivity index (χ0) is 20.1. The van der Waals surface area contributed by atoms with Crippen LogP contribution in [0.25, 0.3) is 11.1 Å². The van der Waals surface area contributed by atoms with E-state index in [1.807, 2.05) is 54.6 Å². The van der Waals surface area contributed by atoms with Gasteiger partial charge in [0, 0.05) is 17.2 Å². The minimum absolute atomic E-state index is 0.0967. The smallest absolute Gasteiger partial charge is 0.234 e. The first-order chi connectivity index (χ1) is 14.2. The van der Waals surface area contributed by atoms with E-state index in [1.165, 1.54) is 31.0 Å². The van der Waals surface area contributed by atoms with Crippen LogP contribution in [0.2, 0.25) is 0 Å². The molecular formula is C22H25N5OS. The largest absolute Gasteiger partial charge is 0.336 e. The van der Waals surface area contributed by atoms with Crippen LogP contribution < -0.4 is 11.2 Å². The second kappa shape index (κ2) is 9.13. The number of nitrogens with zero attached hydrogens (tertiary/aromatic N) is 3. The first-order valence-electron chi connectivity index (χ1n) is 10.00. The molecule has 1 fully saturated rings. The summed E-state index contributed by atoms with van der Waals surface area (Å²) in [5.41, 5.74) is 2.85. The van der Waals surface area contributed by atoms with Crippen molar-refractivity contribution < 1.29 is 4.79 Å². The van der Waals surface area contributed by atoms with Gasteiger partial charge in [-0.25, -0.2) is 4.68 Å². The molecule has 1 heterocycles. The van der Waals surface area contributed by atoms with Crippen molar-refractivity contribution >= 4 is 23.4 Å². The van der Waals surface area contributed by atoms with Crippen LogP contribution in [0.3, 0.4) is 0 Å². The Morgan fingerprint density at radius 3 is 2.55 bits per heavy atom. The maximum Gasteiger partial charge on any atom is 0.234 e. The molecule has 0 atom stereocenters. The predicted molar refractivity (Wildman–Crippen MR) is 117 cm³/mol. The second-order valence-corrected chi connectivity index (χ2v) is 8.24. The van der Waals surface area contributed by atoms with E-state index < -0.39 is 0 Å². The number of rotatable bonds is 6. The van der Waals surface area contributed by atoms with Crippen LogP contribution in [0, 0.1) is 0 Å². The maximum absolute atomic E-state index is 12.6. The number of carbonyl (C=O) groups excluding carboxylic acids is 1. The van der Waals surface area contributed by atoms with Gasteiger partial charge in [-0.2, -0.15) is 0 Å². The van der Waals surface area contributed by atoms with E-state index in [9.17, 15) is 4.79 Å². The van der Waals surface area contributed by atoms with E-state index in [2.05, 4.69) is 15.5 Å². The lowest BCUT2D eigenvalue weighted by molar-refractivity contribution is -0.113. The molecule has 7 heteroatoms. The number of benzene rings is 2. The van der Waals surface area contributed by atoms with Crippen LogP contribution in [-0.4, -0.2) is 26.5 Å². The summed E-state index contributed by atoms with van der Waals surface area (Å²) in [5.74, 6) is 7.55. The molecule has 6 nitrogen and oxygen atoms in total. The van der Waals surface area contributed by atoms with Gasteiger partial charge in [-0.05, 0) is 24.5 Å². The van der Waals surface area contributed by atoms with Gasteiger partial charge in [0.05, 0.1) is 5.75 Å². The second-order valence-electron chi connectivity index (χ2n) is 7.29. The van der Waals surface area contributed by atoms with Gasteiger partial charge < -0.3 is 11.2 Å². The van der Waals surface area contributed by atoms with Crippen LogP contribution in [0.5, 0.6) is 0 Å². The van der Waals surface area contributed by atoms with Crippen molar-refractivity contribution in [1.82, 2.24) is 14.9 Å². The quantitative estimate of drug-likeness (QED) is 0.466. The highest BCUT2D eigenvalue weighted by Crippen LogP contribution is 2.32. The molecule has 2 aromatic carbocycles. The van der Waals surface area contributed by atoms with Gasteiger partial charge in [-0.1, -0.05) is 79.6 Å². The molecule has 150 valence electrons. The number of aromatic nitrogens is 3. The SMILES string of the molecule is Nn1c(SCC(=O)Nc2ccccc2-c2ccccc2)nnc1C1CCCCC1. The number of nitrogen functional groups attached to an aromatic ring is 1. The normalized spacial score (nSPS) is 14.6. The number of para-hydroxylation sites is 1. The summed E-state index contributed by atoms with van der Waals surface area (Å²) in [7, 11) is 0. The molecule has 0 aliphatic heterocycles. The standard InChI is InChI=1S/C22H25N5OS/c23-27-21(17-11-5-2-6-12-17)25-26-22(27)29-15-20(28)24-19-14-8-7-13-18(19)16-9-3-1-4-10-16/h1,3-4,7-10,13-14,17H,2,5-6,11-12,15,23H2,(H,24,28). The minimum Gasteiger partial charge on any atom is -0.336 e. The lowest BCUT2D eigenvalue weighted by Gasteiger charge is -2.20. The van der Waals surface area contributed by atoms with Crippen molar-refractivity contribution in [3.8, 4) is 11.1 Å². The van der Waals surface area contributed by atoms with Crippen molar-refractivity contribution in [2.75, 3.05) is 16.9 Å². The van der Waals surface area contributed by atoms with Crippen LogP contribution in [0.15, 0.2) is 59.8 Å². The highest BCUT2D eigenvalue weighted by molar-refractivity contribution is 7.99. The summed E-state index contributed by atoms with van der Waals surface area (Å²) >= 11 is 1.31. The fourth-order valence-corrected chi connectivity index (χ4v) is 4.47. The van der Waals surface area contributed by atoms with E-state index in [0.29, 0.717) is 11.1 Å². The Balaban J connectivity index is 1.40. The van der Waals surface area contributed by atoms with Gasteiger partial charge in [0.15, 0.2) is 5.82 Å². The van der Waals surface area contributed by atoms with Crippen molar-refractivity contribution in [1.29, 1.82) is 0 Å².